The minimum atomic E-state index is 0.207. The summed E-state index contributed by atoms with van der Waals surface area (Å²) in [5, 5.41) is 3.52. The Kier molecular flexibility index (Phi) is 2.11. The molecule has 1 spiro atoms. The molecule has 3 rings (SSSR count). The number of rotatable bonds is 0. The number of hydrogen-bond donors (Lipinski definition) is 1. The summed E-state index contributed by atoms with van der Waals surface area (Å²) in [5.74, 6) is 1.21. The standard InChI is InChI=1S/C12H18N2O/c1-14-7-6-13-9-12(14)5-2-3-11-10(12)4-8-15-11/h4,8,13H,2-3,5-7,9H2,1H3. The van der Waals surface area contributed by atoms with Gasteiger partial charge in [0, 0.05) is 31.6 Å². The van der Waals surface area contributed by atoms with Crippen molar-refractivity contribution in [3.63, 3.8) is 0 Å². The van der Waals surface area contributed by atoms with E-state index >= 15 is 0 Å². The molecule has 1 aliphatic heterocycles. The fourth-order valence-corrected chi connectivity index (χ4v) is 3.10. The smallest absolute Gasteiger partial charge is 0.108 e. The van der Waals surface area contributed by atoms with E-state index in [2.05, 4.69) is 23.3 Å². The lowest BCUT2D eigenvalue weighted by Gasteiger charge is -2.47. The van der Waals surface area contributed by atoms with E-state index in [9.17, 15) is 0 Å². The second kappa shape index (κ2) is 3.35. The van der Waals surface area contributed by atoms with Crippen LogP contribution in [0.3, 0.4) is 0 Å². The lowest BCUT2D eigenvalue weighted by atomic mass is 9.77. The first-order valence-electron chi connectivity index (χ1n) is 5.82. The number of nitrogens with zero attached hydrogens (tertiary/aromatic N) is 1. The van der Waals surface area contributed by atoms with Gasteiger partial charge in [-0.3, -0.25) is 4.90 Å². The van der Waals surface area contributed by atoms with Crippen LogP contribution < -0.4 is 5.32 Å². The van der Waals surface area contributed by atoms with E-state index in [1.165, 1.54) is 24.2 Å². The molecule has 1 aliphatic carbocycles. The molecule has 1 unspecified atom stereocenters. The van der Waals surface area contributed by atoms with E-state index < -0.39 is 0 Å². The zero-order valence-electron chi connectivity index (χ0n) is 9.25. The van der Waals surface area contributed by atoms with E-state index in [1.807, 2.05) is 6.26 Å². The Hall–Kier alpha value is -0.800. The van der Waals surface area contributed by atoms with Gasteiger partial charge < -0.3 is 9.73 Å². The summed E-state index contributed by atoms with van der Waals surface area (Å²) in [6.07, 6.45) is 5.45. The second-order valence-electron chi connectivity index (χ2n) is 4.74. The molecule has 82 valence electrons. The second-order valence-corrected chi connectivity index (χ2v) is 4.74. The van der Waals surface area contributed by atoms with Crippen LogP contribution in [0.2, 0.25) is 0 Å². The zero-order chi connectivity index (χ0) is 10.3. The fourth-order valence-electron chi connectivity index (χ4n) is 3.10. The quantitative estimate of drug-likeness (QED) is 0.694. The first kappa shape index (κ1) is 9.43. The summed E-state index contributed by atoms with van der Waals surface area (Å²) >= 11 is 0. The predicted molar refractivity (Wildman–Crippen MR) is 58.8 cm³/mol. The van der Waals surface area contributed by atoms with Crippen LogP contribution in [0.25, 0.3) is 0 Å². The molecule has 1 fully saturated rings. The maximum atomic E-state index is 5.58. The Morgan fingerprint density at radius 3 is 3.33 bits per heavy atom. The molecular weight excluding hydrogens is 188 g/mol. The molecule has 0 amide bonds. The maximum Gasteiger partial charge on any atom is 0.108 e. The van der Waals surface area contributed by atoms with Crippen LogP contribution in [-0.2, 0) is 12.0 Å². The van der Waals surface area contributed by atoms with Crippen molar-refractivity contribution in [3.05, 3.63) is 23.7 Å². The molecule has 1 saturated heterocycles. The summed E-state index contributed by atoms with van der Waals surface area (Å²) in [6, 6.07) is 2.16. The third kappa shape index (κ3) is 1.26. The Balaban J connectivity index is 2.05. The van der Waals surface area contributed by atoms with Crippen molar-refractivity contribution in [1.82, 2.24) is 10.2 Å². The normalized spacial score (nSPS) is 31.8. The first-order chi connectivity index (χ1) is 7.33. The van der Waals surface area contributed by atoms with Crippen LogP contribution in [0.4, 0.5) is 0 Å². The van der Waals surface area contributed by atoms with Gasteiger partial charge in [-0.05, 0) is 26.0 Å². The highest BCUT2D eigenvalue weighted by molar-refractivity contribution is 5.31. The van der Waals surface area contributed by atoms with Crippen molar-refractivity contribution < 1.29 is 4.42 Å². The van der Waals surface area contributed by atoms with E-state index in [4.69, 9.17) is 4.42 Å². The number of furan rings is 1. The van der Waals surface area contributed by atoms with Crippen LogP contribution in [0.5, 0.6) is 0 Å². The molecule has 1 aromatic rings. The van der Waals surface area contributed by atoms with Gasteiger partial charge in [-0.15, -0.1) is 0 Å². The molecule has 15 heavy (non-hydrogen) atoms. The Morgan fingerprint density at radius 2 is 2.47 bits per heavy atom. The van der Waals surface area contributed by atoms with Crippen LogP contribution in [-0.4, -0.2) is 31.6 Å². The van der Waals surface area contributed by atoms with Crippen molar-refractivity contribution in [2.75, 3.05) is 26.7 Å². The van der Waals surface area contributed by atoms with Crippen molar-refractivity contribution in [2.45, 2.75) is 24.8 Å². The molecule has 0 saturated carbocycles. The Bertz CT molecular complexity index is 360. The highest BCUT2D eigenvalue weighted by Gasteiger charge is 2.42. The van der Waals surface area contributed by atoms with E-state index in [0.717, 1.165) is 26.1 Å². The van der Waals surface area contributed by atoms with Gasteiger partial charge in [-0.1, -0.05) is 0 Å². The minimum absolute atomic E-state index is 0.207. The molecule has 3 heteroatoms. The molecule has 1 N–H and O–H groups in total. The molecule has 0 aromatic carbocycles. The maximum absolute atomic E-state index is 5.58. The molecule has 0 bridgehead atoms. The van der Waals surface area contributed by atoms with Gasteiger partial charge in [-0.25, -0.2) is 0 Å². The number of nitrogens with one attached hydrogen (secondary N) is 1. The summed E-state index contributed by atoms with van der Waals surface area (Å²) in [5.41, 5.74) is 1.63. The first-order valence-corrected chi connectivity index (χ1v) is 5.82. The third-order valence-corrected chi connectivity index (χ3v) is 4.01. The van der Waals surface area contributed by atoms with Crippen LogP contribution in [0.1, 0.15) is 24.2 Å². The number of piperazine rings is 1. The molecule has 2 heterocycles. The Labute approximate surface area is 90.4 Å². The molecular formula is C12H18N2O. The summed E-state index contributed by atoms with van der Waals surface area (Å²) < 4.78 is 5.58. The summed E-state index contributed by atoms with van der Waals surface area (Å²) in [6.45, 7) is 3.30. The third-order valence-electron chi connectivity index (χ3n) is 4.01. The summed E-state index contributed by atoms with van der Waals surface area (Å²) in [4.78, 5) is 2.50. The minimum Gasteiger partial charge on any atom is -0.469 e. The number of likely N-dealkylation sites (N-methyl/N-ethyl adjacent to an activating group) is 1. The van der Waals surface area contributed by atoms with Crippen molar-refractivity contribution in [2.24, 2.45) is 0 Å². The van der Waals surface area contributed by atoms with Gasteiger partial charge in [0.05, 0.1) is 11.8 Å². The van der Waals surface area contributed by atoms with Crippen molar-refractivity contribution in [1.29, 1.82) is 0 Å². The number of hydrogen-bond acceptors (Lipinski definition) is 3. The lowest BCUT2D eigenvalue weighted by molar-refractivity contribution is 0.0655. The van der Waals surface area contributed by atoms with Crippen molar-refractivity contribution >= 4 is 0 Å². The monoisotopic (exact) mass is 206 g/mol. The summed E-state index contributed by atoms with van der Waals surface area (Å²) in [7, 11) is 2.24. The zero-order valence-corrected chi connectivity index (χ0v) is 9.25. The van der Waals surface area contributed by atoms with E-state index in [1.54, 1.807) is 0 Å². The van der Waals surface area contributed by atoms with Crippen LogP contribution in [0.15, 0.2) is 16.7 Å². The van der Waals surface area contributed by atoms with E-state index in [-0.39, 0.29) is 5.54 Å². The Morgan fingerprint density at radius 1 is 1.53 bits per heavy atom. The SMILES string of the molecule is CN1CCNCC12CCCc1occc12. The average molecular weight is 206 g/mol. The van der Waals surface area contributed by atoms with Gasteiger partial charge >= 0.3 is 0 Å². The molecule has 2 aliphatic rings. The van der Waals surface area contributed by atoms with Crippen molar-refractivity contribution in [3.8, 4) is 0 Å². The van der Waals surface area contributed by atoms with Gasteiger partial charge in [0.25, 0.3) is 0 Å². The molecule has 3 nitrogen and oxygen atoms in total. The van der Waals surface area contributed by atoms with Gasteiger partial charge in [0.1, 0.15) is 5.76 Å². The van der Waals surface area contributed by atoms with Gasteiger partial charge in [0.2, 0.25) is 0 Å². The largest absolute Gasteiger partial charge is 0.469 e. The lowest BCUT2D eigenvalue weighted by Crippen LogP contribution is -2.58. The van der Waals surface area contributed by atoms with Gasteiger partial charge in [0.15, 0.2) is 0 Å². The van der Waals surface area contributed by atoms with Gasteiger partial charge in [-0.2, -0.15) is 0 Å². The average Bonchev–Trinajstić information content (AvgIpc) is 2.72. The van der Waals surface area contributed by atoms with Crippen LogP contribution >= 0.6 is 0 Å². The fraction of sp³-hybridized carbons (Fsp3) is 0.667. The topological polar surface area (TPSA) is 28.4 Å². The molecule has 0 radical (unpaired) electrons. The molecule has 1 atom stereocenters. The predicted octanol–water partition coefficient (Wildman–Crippen LogP) is 1.35. The number of fused-ring (bicyclic) bond motifs is 2. The number of aryl methyl sites for hydroxylation is 1. The van der Waals surface area contributed by atoms with E-state index in [0.29, 0.717) is 0 Å². The van der Waals surface area contributed by atoms with Crippen LogP contribution in [0, 0.1) is 0 Å². The highest BCUT2D eigenvalue weighted by atomic mass is 16.3. The highest BCUT2D eigenvalue weighted by Crippen LogP contribution is 2.40. The molecule has 1 aromatic heterocycles.